The number of aldehydes is 1. The first-order valence-electron chi connectivity index (χ1n) is 11.9. The SMILES string of the molecule is CNC1CCC1.COc1ccc(CC(=O)N=C(N)N)cc1OC.O=CCCC1CCCCC1. The molecule has 3 rings (SSSR count). The van der Waals surface area contributed by atoms with E-state index in [0.717, 1.165) is 36.7 Å². The standard InChI is InChI=1S/C11H15N3O3.C9H16O.C5H11N/c1-16-8-4-3-7(5-9(8)17-2)6-10(15)14-11(12)13;10-8-4-7-9-5-2-1-3-6-9;1-6-5-3-2-4-5/h3-5H,6H2,1-2H3,(H4,12,13,14,15);8-9H,1-7H2;5-6H,2-4H2,1H3. The fourth-order valence-electron chi connectivity index (χ4n) is 3.83. The fraction of sp³-hybridized carbons (Fsp3) is 0.640. The lowest BCUT2D eigenvalue weighted by atomic mass is 9.86. The largest absolute Gasteiger partial charge is 0.493 e. The van der Waals surface area contributed by atoms with Crippen LogP contribution in [0.1, 0.15) is 69.8 Å². The lowest BCUT2D eigenvalue weighted by Gasteiger charge is -2.23. The predicted molar refractivity (Wildman–Crippen MR) is 133 cm³/mol. The maximum absolute atomic E-state index is 11.4. The van der Waals surface area contributed by atoms with Crippen LogP contribution in [0.4, 0.5) is 0 Å². The Balaban J connectivity index is 0.000000284. The molecule has 0 unspecified atom stereocenters. The number of guanidine groups is 1. The molecule has 0 spiro atoms. The zero-order valence-electron chi connectivity index (χ0n) is 20.5. The molecule has 5 N–H and O–H groups in total. The summed E-state index contributed by atoms with van der Waals surface area (Å²) in [5.74, 6) is 1.39. The minimum absolute atomic E-state index is 0.109. The summed E-state index contributed by atoms with van der Waals surface area (Å²) in [5, 5.41) is 3.20. The average Bonchev–Trinajstić information content (AvgIpc) is 2.78. The molecule has 2 aliphatic carbocycles. The van der Waals surface area contributed by atoms with Gasteiger partial charge in [-0.05, 0) is 49.9 Å². The van der Waals surface area contributed by atoms with Gasteiger partial charge in [0.05, 0.1) is 20.6 Å². The second kappa shape index (κ2) is 16.9. The van der Waals surface area contributed by atoms with Crippen molar-refractivity contribution >= 4 is 18.2 Å². The van der Waals surface area contributed by atoms with E-state index < -0.39 is 5.91 Å². The van der Waals surface area contributed by atoms with E-state index in [4.69, 9.17) is 20.9 Å². The summed E-state index contributed by atoms with van der Waals surface area (Å²) in [6, 6.07) is 6.04. The Bertz CT molecular complexity index is 722. The second-order valence-corrected chi connectivity index (χ2v) is 8.46. The lowest BCUT2D eigenvalue weighted by Crippen LogP contribution is -2.31. The molecule has 0 radical (unpaired) electrons. The Hall–Kier alpha value is -2.61. The first kappa shape index (κ1) is 28.4. The highest BCUT2D eigenvalue weighted by atomic mass is 16.5. The van der Waals surface area contributed by atoms with Crippen molar-refractivity contribution < 1.29 is 19.1 Å². The first-order valence-corrected chi connectivity index (χ1v) is 11.9. The number of ether oxygens (including phenoxy) is 2. The highest BCUT2D eigenvalue weighted by Crippen LogP contribution is 2.28. The molecule has 1 aromatic carbocycles. The number of nitrogens with one attached hydrogen (secondary N) is 1. The molecule has 1 amide bonds. The van der Waals surface area contributed by atoms with E-state index in [0.29, 0.717) is 11.5 Å². The third-order valence-electron chi connectivity index (χ3n) is 5.99. The van der Waals surface area contributed by atoms with E-state index in [2.05, 4.69) is 10.3 Å². The Morgan fingerprint density at radius 1 is 1.06 bits per heavy atom. The van der Waals surface area contributed by atoms with E-state index >= 15 is 0 Å². The summed E-state index contributed by atoms with van der Waals surface area (Å²) in [7, 11) is 5.10. The number of nitrogens with two attached hydrogens (primary N) is 2. The Morgan fingerprint density at radius 3 is 2.18 bits per heavy atom. The number of aliphatic imine (C=N–C) groups is 1. The summed E-state index contributed by atoms with van der Waals surface area (Å²) >= 11 is 0. The fourth-order valence-corrected chi connectivity index (χ4v) is 3.83. The molecule has 0 saturated heterocycles. The van der Waals surface area contributed by atoms with Crippen LogP contribution in [0.15, 0.2) is 23.2 Å². The lowest BCUT2D eigenvalue weighted by molar-refractivity contribution is -0.117. The Kier molecular flexibility index (Phi) is 14.6. The van der Waals surface area contributed by atoms with Gasteiger partial charge in [-0.1, -0.05) is 44.6 Å². The maximum Gasteiger partial charge on any atom is 0.253 e. The molecular formula is C25H42N4O4. The van der Waals surface area contributed by atoms with Crippen molar-refractivity contribution in [1.29, 1.82) is 0 Å². The van der Waals surface area contributed by atoms with Crippen LogP contribution in [0.3, 0.4) is 0 Å². The normalized spacial score (nSPS) is 15.5. The third kappa shape index (κ3) is 12.3. The molecular weight excluding hydrogens is 420 g/mol. The highest BCUT2D eigenvalue weighted by Gasteiger charge is 2.13. The summed E-state index contributed by atoms with van der Waals surface area (Å²) < 4.78 is 10.2. The molecule has 2 saturated carbocycles. The third-order valence-corrected chi connectivity index (χ3v) is 5.99. The molecule has 1 aromatic rings. The summed E-state index contributed by atoms with van der Waals surface area (Å²) in [6.07, 6.45) is 14.3. The molecule has 0 aliphatic heterocycles. The molecule has 8 heteroatoms. The van der Waals surface area contributed by atoms with Crippen LogP contribution < -0.4 is 26.3 Å². The van der Waals surface area contributed by atoms with Crippen LogP contribution in [0, 0.1) is 5.92 Å². The molecule has 8 nitrogen and oxygen atoms in total. The van der Waals surface area contributed by atoms with Crippen molar-refractivity contribution in [2.24, 2.45) is 22.4 Å². The van der Waals surface area contributed by atoms with Gasteiger partial charge >= 0.3 is 0 Å². The van der Waals surface area contributed by atoms with Gasteiger partial charge in [0.2, 0.25) is 0 Å². The maximum atomic E-state index is 11.4. The zero-order valence-corrected chi connectivity index (χ0v) is 20.5. The van der Waals surface area contributed by atoms with Crippen molar-refractivity contribution in [2.45, 2.75) is 76.7 Å². The van der Waals surface area contributed by atoms with Gasteiger partial charge in [-0.3, -0.25) is 4.79 Å². The Morgan fingerprint density at radius 2 is 1.73 bits per heavy atom. The van der Waals surface area contributed by atoms with Crippen LogP contribution in [0.25, 0.3) is 0 Å². The van der Waals surface area contributed by atoms with E-state index in [1.807, 2.05) is 7.05 Å². The van der Waals surface area contributed by atoms with Gasteiger partial charge in [0, 0.05) is 12.5 Å². The Labute approximate surface area is 198 Å². The van der Waals surface area contributed by atoms with Crippen molar-refractivity contribution in [3.63, 3.8) is 0 Å². The van der Waals surface area contributed by atoms with E-state index in [1.165, 1.54) is 58.5 Å². The number of carbonyl (C=O) groups is 2. The van der Waals surface area contributed by atoms with Crippen molar-refractivity contribution in [3.05, 3.63) is 23.8 Å². The molecule has 0 heterocycles. The van der Waals surface area contributed by atoms with Gasteiger partial charge in [0.15, 0.2) is 17.5 Å². The smallest absolute Gasteiger partial charge is 0.253 e. The molecule has 186 valence electrons. The number of benzene rings is 1. The van der Waals surface area contributed by atoms with Crippen LogP contribution in [-0.4, -0.2) is 45.5 Å². The van der Waals surface area contributed by atoms with Crippen molar-refractivity contribution in [3.8, 4) is 11.5 Å². The number of carbonyl (C=O) groups excluding carboxylic acids is 2. The number of amides is 1. The minimum Gasteiger partial charge on any atom is -0.493 e. The molecule has 2 aliphatic rings. The van der Waals surface area contributed by atoms with Crippen LogP contribution in [0.2, 0.25) is 0 Å². The van der Waals surface area contributed by atoms with Crippen LogP contribution in [-0.2, 0) is 16.0 Å². The summed E-state index contributed by atoms with van der Waals surface area (Å²) in [4.78, 5) is 24.8. The van der Waals surface area contributed by atoms with E-state index in [1.54, 1.807) is 25.3 Å². The van der Waals surface area contributed by atoms with Crippen molar-refractivity contribution in [1.82, 2.24) is 5.32 Å². The highest BCUT2D eigenvalue weighted by molar-refractivity contribution is 5.92. The number of rotatable bonds is 8. The number of nitrogens with zero attached hydrogens (tertiary/aromatic N) is 1. The van der Waals surface area contributed by atoms with Gasteiger partial charge in [-0.2, -0.15) is 4.99 Å². The molecule has 0 bridgehead atoms. The summed E-state index contributed by atoms with van der Waals surface area (Å²) in [6.45, 7) is 0. The second-order valence-electron chi connectivity index (χ2n) is 8.46. The number of hydrogen-bond donors (Lipinski definition) is 3. The van der Waals surface area contributed by atoms with Gasteiger partial charge in [-0.15, -0.1) is 0 Å². The minimum atomic E-state index is -0.405. The number of methoxy groups -OCH3 is 2. The predicted octanol–water partition coefficient (Wildman–Crippen LogP) is 3.35. The van der Waals surface area contributed by atoms with Gasteiger partial charge in [-0.25, -0.2) is 0 Å². The van der Waals surface area contributed by atoms with Gasteiger partial charge < -0.3 is 31.1 Å². The molecule has 33 heavy (non-hydrogen) atoms. The monoisotopic (exact) mass is 462 g/mol. The number of hydrogen-bond acceptors (Lipinski definition) is 5. The first-order chi connectivity index (χ1) is 15.9. The van der Waals surface area contributed by atoms with Crippen LogP contribution in [0.5, 0.6) is 11.5 Å². The summed E-state index contributed by atoms with van der Waals surface area (Å²) in [5.41, 5.74) is 11.0. The molecule has 0 atom stereocenters. The molecule has 2 fully saturated rings. The molecule has 0 aromatic heterocycles. The average molecular weight is 463 g/mol. The van der Waals surface area contributed by atoms with Gasteiger partial charge in [0.25, 0.3) is 5.91 Å². The van der Waals surface area contributed by atoms with Crippen molar-refractivity contribution in [2.75, 3.05) is 21.3 Å². The van der Waals surface area contributed by atoms with E-state index in [-0.39, 0.29) is 12.4 Å². The van der Waals surface area contributed by atoms with Gasteiger partial charge in [0.1, 0.15) is 6.29 Å². The zero-order chi connectivity index (χ0) is 24.5. The topological polar surface area (TPSA) is 129 Å². The van der Waals surface area contributed by atoms with E-state index in [9.17, 15) is 9.59 Å². The van der Waals surface area contributed by atoms with Crippen LogP contribution >= 0.6 is 0 Å². The quantitative estimate of drug-likeness (QED) is 0.307.